The zero-order chi connectivity index (χ0) is 19.3. The number of carbonyl (C=O) groups excluding carboxylic acids is 1. The van der Waals surface area contributed by atoms with Crippen molar-refractivity contribution < 1.29 is 4.79 Å². The largest absolute Gasteiger partial charge is 0.354 e. The molecule has 144 valence electrons. The number of nitrogens with one attached hydrogen (secondary N) is 1. The van der Waals surface area contributed by atoms with Crippen molar-refractivity contribution in [2.24, 2.45) is 0 Å². The SMILES string of the molecule is C[C@H](NC(=O)CN1CCN(c2ccccn2)CC1)c1ccc2ccccc2c1. The van der Waals surface area contributed by atoms with Crippen molar-refractivity contribution in [3.63, 3.8) is 0 Å². The third kappa shape index (κ3) is 4.31. The maximum absolute atomic E-state index is 12.5. The number of nitrogens with zero attached hydrogens (tertiary/aromatic N) is 3. The van der Waals surface area contributed by atoms with Gasteiger partial charge < -0.3 is 10.2 Å². The van der Waals surface area contributed by atoms with Crippen LogP contribution in [-0.2, 0) is 4.79 Å². The van der Waals surface area contributed by atoms with Crippen LogP contribution in [0.25, 0.3) is 10.8 Å². The first-order valence-electron chi connectivity index (χ1n) is 9.85. The molecule has 0 saturated carbocycles. The highest BCUT2D eigenvalue weighted by atomic mass is 16.2. The number of fused-ring (bicyclic) bond motifs is 1. The van der Waals surface area contributed by atoms with Crippen molar-refractivity contribution in [2.45, 2.75) is 13.0 Å². The number of hydrogen-bond donors (Lipinski definition) is 1. The molecule has 3 aromatic rings. The van der Waals surface area contributed by atoms with E-state index in [2.05, 4.69) is 50.4 Å². The van der Waals surface area contributed by atoms with Gasteiger partial charge in [-0.15, -0.1) is 0 Å². The zero-order valence-electron chi connectivity index (χ0n) is 16.2. The first-order chi connectivity index (χ1) is 13.7. The molecule has 0 radical (unpaired) electrons. The van der Waals surface area contributed by atoms with Crippen molar-refractivity contribution in [2.75, 3.05) is 37.6 Å². The van der Waals surface area contributed by atoms with E-state index in [1.54, 1.807) is 0 Å². The summed E-state index contributed by atoms with van der Waals surface area (Å²) in [6.07, 6.45) is 1.82. The molecular weight excluding hydrogens is 348 g/mol. The lowest BCUT2D eigenvalue weighted by atomic mass is 10.0. The summed E-state index contributed by atoms with van der Waals surface area (Å²) in [4.78, 5) is 21.4. The average Bonchev–Trinajstić information content (AvgIpc) is 2.74. The van der Waals surface area contributed by atoms with E-state index in [9.17, 15) is 4.79 Å². The molecule has 5 heteroatoms. The van der Waals surface area contributed by atoms with E-state index in [0.29, 0.717) is 6.54 Å². The normalized spacial score (nSPS) is 16.1. The van der Waals surface area contributed by atoms with E-state index in [-0.39, 0.29) is 11.9 Å². The van der Waals surface area contributed by atoms with Crippen molar-refractivity contribution in [3.05, 3.63) is 72.4 Å². The van der Waals surface area contributed by atoms with E-state index in [0.717, 1.165) is 37.6 Å². The highest BCUT2D eigenvalue weighted by Crippen LogP contribution is 2.20. The van der Waals surface area contributed by atoms with Crippen LogP contribution in [0.2, 0.25) is 0 Å². The molecule has 0 spiro atoms. The van der Waals surface area contributed by atoms with Gasteiger partial charge in [-0.25, -0.2) is 4.98 Å². The van der Waals surface area contributed by atoms with Gasteiger partial charge in [0.1, 0.15) is 5.82 Å². The summed E-state index contributed by atoms with van der Waals surface area (Å²) >= 11 is 0. The molecule has 4 rings (SSSR count). The van der Waals surface area contributed by atoms with Gasteiger partial charge in [-0.3, -0.25) is 9.69 Å². The Kier molecular flexibility index (Phi) is 5.53. The Labute approximate surface area is 166 Å². The van der Waals surface area contributed by atoms with Crippen molar-refractivity contribution >= 4 is 22.5 Å². The highest BCUT2D eigenvalue weighted by Gasteiger charge is 2.20. The molecule has 2 aromatic carbocycles. The van der Waals surface area contributed by atoms with Gasteiger partial charge in [-0.1, -0.05) is 42.5 Å². The van der Waals surface area contributed by atoms with Crippen LogP contribution >= 0.6 is 0 Å². The Morgan fingerprint density at radius 1 is 1.00 bits per heavy atom. The van der Waals surface area contributed by atoms with E-state index in [4.69, 9.17) is 0 Å². The lowest BCUT2D eigenvalue weighted by Crippen LogP contribution is -2.49. The van der Waals surface area contributed by atoms with Crippen LogP contribution in [0.15, 0.2) is 66.9 Å². The van der Waals surface area contributed by atoms with E-state index >= 15 is 0 Å². The first kappa shape index (κ1) is 18.4. The molecule has 2 heterocycles. The Morgan fingerprint density at radius 2 is 1.75 bits per heavy atom. The second-order valence-corrected chi connectivity index (χ2v) is 7.35. The molecule has 28 heavy (non-hydrogen) atoms. The molecule has 1 saturated heterocycles. The van der Waals surface area contributed by atoms with Crippen LogP contribution in [-0.4, -0.2) is 48.5 Å². The van der Waals surface area contributed by atoms with E-state index < -0.39 is 0 Å². The molecule has 1 atom stereocenters. The number of benzene rings is 2. The Balaban J connectivity index is 1.29. The predicted octanol–water partition coefficient (Wildman–Crippen LogP) is 3.23. The van der Waals surface area contributed by atoms with Gasteiger partial charge in [-0.05, 0) is 41.5 Å². The van der Waals surface area contributed by atoms with Gasteiger partial charge >= 0.3 is 0 Å². The lowest BCUT2D eigenvalue weighted by Gasteiger charge is -2.35. The zero-order valence-corrected chi connectivity index (χ0v) is 16.2. The minimum atomic E-state index is -0.00749. The monoisotopic (exact) mass is 374 g/mol. The van der Waals surface area contributed by atoms with Gasteiger partial charge in [0.15, 0.2) is 0 Å². The molecule has 1 amide bonds. The molecule has 0 bridgehead atoms. The standard InChI is InChI=1S/C23H26N4O/c1-18(20-10-9-19-6-2-3-7-21(19)16-20)25-23(28)17-26-12-14-27(15-13-26)22-8-4-5-11-24-22/h2-11,16,18H,12-15,17H2,1H3,(H,25,28)/t18-/m0/s1. The molecule has 1 aromatic heterocycles. The molecule has 0 aliphatic carbocycles. The number of rotatable bonds is 5. The average molecular weight is 374 g/mol. The van der Waals surface area contributed by atoms with Gasteiger partial charge in [-0.2, -0.15) is 0 Å². The minimum absolute atomic E-state index is 0.00749. The van der Waals surface area contributed by atoms with Crippen LogP contribution in [0.5, 0.6) is 0 Å². The lowest BCUT2D eigenvalue weighted by molar-refractivity contribution is -0.123. The molecule has 0 unspecified atom stereocenters. The maximum Gasteiger partial charge on any atom is 0.234 e. The fraction of sp³-hybridized carbons (Fsp3) is 0.304. The quantitative estimate of drug-likeness (QED) is 0.745. The topological polar surface area (TPSA) is 48.5 Å². The number of aromatic nitrogens is 1. The molecule has 1 aliphatic rings. The van der Waals surface area contributed by atoms with Crippen LogP contribution in [0, 0.1) is 0 Å². The van der Waals surface area contributed by atoms with Gasteiger partial charge in [0.2, 0.25) is 5.91 Å². The van der Waals surface area contributed by atoms with Crippen LogP contribution in [0.3, 0.4) is 0 Å². The Bertz CT molecular complexity index is 935. The first-order valence-corrected chi connectivity index (χ1v) is 9.85. The summed E-state index contributed by atoms with van der Waals surface area (Å²) in [5.41, 5.74) is 1.13. The predicted molar refractivity (Wildman–Crippen MR) is 113 cm³/mol. The molecule has 1 aliphatic heterocycles. The number of piperazine rings is 1. The number of carbonyl (C=O) groups is 1. The number of anilines is 1. The highest BCUT2D eigenvalue weighted by molar-refractivity contribution is 5.83. The third-order valence-electron chi connectivity index (χ3n) is 5.36. The fourth-order valence-corrected chi connectivity index (χ4v) is 3.73. The molecule has 1 fully saturated rings. The van der Waals surface area contributed by atoms with Crippen molar-refractivity contribution in [1.29, 1.82) is 0 Å². The number of pyridine rings is 1. The fourth-order valence-electron chi connectivity index (χ4n) is 3.73. The summed E-state index contributed by atoms with van der Waals surface area (Å²) in [6.45, 7) is 6.01. The molecular formula is C23H26N4O. The summed E-state index contributed by atoms with van der Waals surface area (Å²) in [5, 5.41) is 5.56. The van der Waals surface area contributed by atoms with Crippen molar-refractivity contribution in [1.82, 2.24) is 15.2 Å². The summed E-state index contributed by atoms with van der Waals surface area (Å²) in [7, 11) is 0. The van der Waals surface area contributed by atoms with Crippen LogP contribution in [0.1, 0.15) is 18.5 Å². The minimum Gasteiger partial charge on any atom is -0.354 e. The maximum atomic E-state index is 12.5. The van der Waals surface area contributed by atoms with Crippen molar-refractivity contribution in [3.8, 4) is 0 Å². The summed E-state index contributed by atoms with van der Waals surface area (Å²) < 4.78 is 0. The molecule has 5 nitrogen and oxygen atoms in total. The second kappa shape index (κ2) is 8.40. The van der Waals surface area contributed by atoms with Gasteiger partial charge in [0.25, 0.3) is 0 Å². The van der Waals surface area contributed by atoms with E-state index in [1.165, 1.54) is 10.8 Å². The second-order valence-electron chi connectivity index (χ2n) is 7.35. The summed E-state index contributed by atoms with van der Waals surface area (Å²) in [5.74, 6) is 1.09. The van der Waals surface area contributed by atoms with E-state index in [1.807, 2.05) is 43.5 Å². The van der Waals surface area contributed by atoms with Crippen LogP contribution in [0.4, 0.5) is 5.82 Å². The molecule has 1 N–H and O–H groups in total. The third-order valence-corrected chi connectivity index (χ3v) is 5.36. The van der Waals surface area contributed by atoms with Gasteiger partial charge in [0.05, 0.1) is 12.6 Å². The Hall–Kier alpha value is -2.92. The number of hydrogen-bond acceptors (Lipinski definition) is 4. The smallest absolute Gasteiger partial charge is 0.234 e. The Morgan fingerprint density at radius 3 is 2.50 bits per heavy atom. The summed E-state index contributed by atoms with van der Waals surface area (Å²) in [6, 6.07) is 20.6. The van der Waals surface area contributed by atoms with Crippen LogP contribution < -0.4 is 10.2 Å². The number of amides is 1. The van der Waals surface area contributed by atoms with Gasteiger partial charge in [0, 0.05) is 32.4 Å².